The Labute approximate surface area is 196 Å². The molecule has 0 radical (unpaired) electrons. The highest BCUT2D eigenvalue weighted by atomic mass is 16.5. The van der Waals surface area contributed by atoms with Gasteiger partial charge < -0.3 is 15.2 Å². The zero-order valence-corrected chi connectivity index (χ0v) is 19.1. The number of amides is 2. The van der Waals surface area contributed by atoms with Crippen molar-refractivity contribution in [2.24, 2.45) is 13.0 Å². The van der Waals surface area contributed by atoms with E-state index in [1.165, 1.54) is 10.9 Å². The zero-order chi connectivity index (χ0) is 24.4. The van der Waals surface area contributed by atoms with Gasteiger partial charge in [0.2, 0.25) is 0 Å². The molecule has 0 saturated heterocycles. The van der Waals surface area contributed by atoms with Gasteiger partial charge in [0.15, 0.2) is 5.82 Å². The number of aliphatic carboxylic acids is 1. The van der Waals surface area contributed by atoms with E-state index in [0.717, 1.165) is 22.3 Å². The molecule has 9 nitrogen and oxygen atoms in total. The number of aryl methyl sites for hydroxylation is 1. The fraction of sp³-hybridized carbons (Fsp3) is 0.280. The number of fused-ring (bicyclic) bond motifs is 3. The van der Waals surface area contributed by atoms with Gasteiger partial charge in [-0.25, -0.2) is 9.59 Å². The van der Waals surface area contributed by atoms with E-state index in [2.05, 4.69) is 27.9 Å². The predicted octanol–water partition coefficient (Wildman–Crippen LogP) is 3.62. The van der Waals surface area contributed by atoms with Crippen molar-refractivity contribution >= 4 is 23.8 Å². The Bertz CT molecular complexity index is 1200. The van der Waals surface area contributed by atoms with E-state index in [9.17, 15) is 19.5 Å². The highest BCUT2D eigenvalue weighted by Crippen LogP contribution is 2.44. The molecule has 176 valence electrons. The van der Waals surface area contributed by atoms with Gasteiger partial charge in [0.05, 0.1) is 0 Å². The number of nitrogens with zero attached hydrogens (tertiary/aromatic N) is 2. The first-order valence-electron chi connectivity index (χ1n) is 11.0. The van der Waals surface area contributed by atoms with Crippen LogP contribution in [0.1, 0.15) is 41.3 Å². The second-order valence-corrected chi connectivity index (χ2v) is 8.55. The number of ether oxygens (including phenoxy) is 1. The summed E-state index contributed by atoms with van der Waals surface area (Å²) in [6.45, 7) is 3.50. The van der Waals surface area contributed by atoms with E-state index in [4.69, 9.17) is 4.74 Å². The lowest BCUT2D eigenvalue weighted by atomic mass is 9.98. The maximum atomic E-state index is 12.7. The van der Waals surface area contributed by atoms with E-state index in [-0.39, 0.29) is 29.8 Å². The van der Waals surface area contributed by atoms with Crippen molar-refractivity contribution in [3.63, 3.8) is 0 Å². The maximum Gasteiger partial charge on any atom is 0.412 e. The summed E-state index contributed by atoms with van der Waals surface area (Å²) in [6.07, 6.45) is 0.654. The third kappa shape index (κ3) is 4.50. The molecular weight excluding hydrogens is 436 g/mol. The van der Waals surface area contributed by atoms with E-state index in [1.54, 1.807) is 20.9 Å². The Balaban J connectivity index is 1.46. The van der Waals surface area contributed by atoms with E-state index < -0.39 is 24.0 Å². The van der Waals surface area contributed by atoms with Crippen molar-refractivity contribution in [1.82, 2.24) is 15.1 Å². The predicted molar refractivity (Wildman–Crippen MR) is 126 cm³/mol. The third-order valence-corrected chi connectivity index (χ3v) is 5.86. The molecule has 0 spiro atoms. The van der Waals surface area contributed by atoms with Crippen molar-refractivity contribution in [3.05, 3.63) is 71.4 Å². The van der Waals surface area contributed by atoms with Crippen molar-refractivity contribution in [3.8, 4) is 11.1 Å². The molecule has 0 saturated carbocycles. The van der Waals surface area contributed by atoms with E-state index >= 15 is 0 Å². The number of carbonyl (C=O) groups excluding carboxylic acids is 2. The van der Waals surface area contributed by atoms with Crippen LogP contribution in [-0.2, 0) is 16.6 Å². The second-order valence-electron chi connectivity index (χ2n) is 8.55. The highest BCUT2D eigenvalue weighted by molar-refractivity contribution is 6.02. The fourth-order valence-electron chi connectivity index (χ4n) is 4.21. The lowest BCUT2D eigenvalue weighted by Crippen LogP contribution is -2.44. The van der Waals surface area contributed by atoms with Crippen LogP contribution in [0.3, 0.4) is 0 Å². The Morgan fingerprint density at radius 2 is 1.65 bits per heavy atom. The Morgan fingerprint density at radius 1 is 1.06 bits per heavy atom. The molecule has 0 bridgehead atoms. The molecule has 0 unspecified atom stereocenters. The number of hydrogen-bond donors (Lipinski definition) is 3. The topological polar surface area (TPSA) is 123 Å². The summed E-state index contributed by atoms with van der Waals surface area (Å²) in [5, 5.41) is 18.5. The number of carbonyl (C=O) groups is 3. The van der Waals surface area contributed by atoms with Crippen LogP contribution in [0.2, 0.25) is 0 Å². The highest BCUT2D eigenvalue weighted by Gasteiger charge is 2.30. The van der Waals surface area contributed by atoms with Gasteiger partial charge in [-0.2, -0.15) is 5.10 Å². The number of aromatic nitrogens is 2. The average molecular weight is 463 g/mol. The first-order valence-corrected chi connectivity index (χ1v) is 11.0. The van der Waals surface area contributed by atoms with Crippen LogP contribution in [0, 0.1) is 5.92 Å². The molecule has 9 heteroatoms. The summed E-state index contributed by atoms with van der Waals surface area (Å²) < 4.78 is 6.88. The van der Waals surface area contributed by atoms with Crippen molar-refractivity contribution in [1.29, 1.82) is 0 Å². The molecule has 1 aliphatic rings. The number of carboxylic acid groups (broad SMARTS) is 1. The molecule has 1 heterocycles. The zero-order valence-electron chi connectivity index (χ0n) is 19.1. The standard InChI is InChI=1S/C25H26N4O5/c1-14(2)21(24(31)32)26-23(30)19-12-29(3)28-22(19)27-25(33)34-13-20-17-10-6-4-8-15(17)16-9-5-7-11-18(16)20/h4-12,14,20-21H,13H2,1-3H3,(H,26,30)(H,31,32)(H,27,28,33)/t21-/m0/s1. The number of anilines is 1. The van der Waals surface area contributed by atoms with Crippen LogP contribution in [0.4, 0.5) is 10.6 Å². The van der Waals surface area contributed by atoms with Crippen LogP contribution in [-0.4, -0.2) is 45.5 Å². The summed E-state index contributed by atoms with van der Waals surface area (Å²) in [6, 6.07) is 14.9. The van der Waals surface area contributed by atoms with Gasteiger partial charge in [-0.05, 0) is 28.2 Å². The van der Waals surface area contributed by atoms with Gasteiger partial charge in [-0.1, -0.05) is 62.4 Å². The lowest BCUT2D eigenvalue weighted by molar-refractivity contribution is -0.140. The molecule has 3 aromatic rings. The lowest BCUT2D eigenvalue weighted by Gasteiger charge is -2.18. The van der Waals surface area contributed by atoms with Crippen LogP contribution in [0.5, 0.6) is 0 Å². The van der Waals surface area contributed by atoms with Crippen LogP contribution in [0.25, 0.3) is 11.1 Å². The summed E-state index contributed by atoms with van der Waals surface area (Å²) >= 11 is 0. The van der Waals surface area contributed by atoms with Gasteiger partial charge >= 0.3 is 12.1 Å². The smallest absolute Gasteiger partial charge is 0.412 e. The second kappa shape index (κ2) is 9.38. The summed E-state index contributed by atoms with van der Waals surface area (Å²) in [7, 11) is 1.59. The normalized spacial score (nSPS) is 13.2. The molecular formula is C25H26N4O5. The number of rotatable bonds is 7. The third-order valence-electron chi connectivity index (χ3n) is 5.86. The van der Waals surface area contributed by atoms with Gasteiger partial charge in [0.25, 0.3) is 5.91 Å². The molecule has 1 atom stereocenters. The SMILES string of the molecule is CC(C)[C@H](NC(=O)c1cn(C)nc1NC(=O)OCC1c2ccccc2-c2ccccc21)C(=O)O. The minimum Gasteiger partial charge on any atom is -0.480 e. The molecule has 4 rings (SSSR count). The Morgan fingerprint density at radius 3 is 2.21 bits per heavy atom. The van der Waals surface area contributed by atoms with Crippen LogP contribution in [0.15, 0.2) is 54.7 Å². The maximum absolute atomic E-state index is 12.7. The first kappa shape index (κ1) is 23.0. The van der Waals surface area contributed by atoms with Crippen LogP contribution < -0.4 is 10.6 Å². The van der Waals surface area contributed by atoms with Gasteiger partial charge in [0, 0.05) is 19.2 Å². The van der Waals surface area contributed by atoms with Gasteiger partial charge in [-0.3, -0.25) is 14.8 Å². The minimum atomic E-state index is -1.14. The van der Waals surface area contributed by atoms with Crippen molar-refractivity contribution < 1.29 is 24.2 Å². The van der Waals surface area contributed by atoms with Crippen LogP contribution >= 0.6 is 0 Å². The molecule has 0 fully saturated rings. The summed E-state index contributed by atoms with van der Waals surface area (Å²) in [4.78, 5) is 36.7. The molecule has 0 aliphatic heterocycles. The number of nitrogens with one attached hydrogen (secondary N) is 2. The van der Waals surface area contributed by atoms with Crippen molar-refractivity contribution in [2.45, 2.75) is 25.8 Å². The summed E-state index contributed by atoms with van der Waals surface area (Å²) in [5.41, 5.74) is 4.45. The monoisotopic (exact) mass is 462 g/mol. The number of benzene rings is 2. The first-order chi connectivity index (χ1) is 16.3. The largest absolute Gasteiger partial charge is 0.480 e. The average Bonchev–Trinajstić information content (AvgIpc) is 3.33. The van der Waals surface area contributed by atoms with E-state index in [0.29, 0.717) is 0 Å². The van der Waals surface area contributed by atoms with Gasteiger partial charge in [0.1, 0.15) is 18.2 Å². The Hall–Kier alpha value is -4.14. The Kier molecular flexibility index (Phi) is 6.36. The molecule has 1 aromatic heterocycles. The molecule has 2 amide bonds. The number of hydrogen-bond acceptors (Lipinski definition) is 5. The fourth-order valence-corrected chi connectivity index (χ4v) is 4.21. The van der Waals surface area contributed by atoms with Gasteiger partial charge in [-0.15, -0.1) is 0 Å². The molecule has 2 aromatic carbocycles. The quantitative estimate of drug-likeness (QED) is 0.493. The molecule has 3 N–H and O–H groups in total. The van der Waals surface area contributed by atoms with E-state index in [1.807, 2.05) is 36.4 Å². The molecule has 1 aliphatic carbocycles. The number of carboxylic acids is 1. The summed E-state index contributed by atoms with van der Waals surface area (Å²) in [5.74, 6) is -2.23. The minimum absolute atomic E-state index is 0.00915. The van der Waals surface area contributed by atoms with Crippen molar-refractivity contribution in [2.75, 3.05) is 11.9 Å². The molecule has 34 heavy (non-hydrogen) atoms.